The van der Waals surface area contributed by atoms with Gasteiger partial charge in [0, 0.05) is 4.88 Å². The molecule has 23 heavy (non-hydrogen) atoms. The molecule has 1 aliphatic rings. The van der Waals surface area contributed by atoms with Crippen LogP contribution >= 0.6 is 23.1 Å². The van der Waals surface area contributed by atoms with Crippen molar-refractivity contribution in [1.29, 1.82) is 0 Å². The zero-order valence-corrected chi connectivity index (χ0v) is 14.9. The van der Waals surface area contributed by atoms with E-state index in [1.54, 1.807) is 11.3 Å². The van der Waals surface area contributed by atoms with Gasteiger partial charge in [-0.05, 0) is 44.6 Å². The number of aryl methyl sites for hydroxylation is 1. The number of fused-ring (bicyclic) bond motifs is 3. The second-order valence-corrected chi connectivity index (χ2v) is 8.30. The number of carbonyl (C=O) groups excluding carboxylic acids is 2. The predicted molar refractivity (Wildman–Crippen MR) is 92.4 cm³/mol. The summed E-state index contributed by atoms with van der Waals surface area (Å²) in [5.74, 6) is 0.164. The van der Waals surface area contributed by atoms with Crippen LogP contribution in [0.5, 0.6) is 0 Å². The molecule has 1 N–H and O–H groups in total. The van der Waals surface area contributed by atoms with Crippen molar-refractivity contribution in [2.24, 2.45) is 5.92 Å². The van der Waals surface area contributed by atoms with Crippen LogP contribution in [0, 0.1) is 5.92 Å². The van der Waals surface area contributed by atoms with Crippen LogP contribution in [-0.2, 0) is 22.4 Å². The van der Waals surface area contributed by atoms with Gasteiger partial charge < -0.3 is 4.98 Å². The molecule has 3 rings (SSSR count). The summed E-state index contributed by atoms with van der Waals surface area (Å²) < 4.78 is 0. The van der Waals surface area contributed by atoms with Gasteiger partial charge in [-0.3, -0.25) is 14.4 Å². The van der Waals surface area contributed by atoms with Crippen molar-refractivity contribution in [2.75, 3.05) is 0 Å². The first-order valence-corrected chi connectivity index (χ1v) is 9.28. The molecular formula is C16H18N2O3S2. The molecule has 0 aliphatic heterocycles. The highest BCUT2D eigenvalue weighted by molar-refractivity contribution is 8.01. The summed E-state index contributed by atoms with van der Waals surface area (Å²) in [4.78, 5) is 44.8. The Bertz CT molecular complexity index is 839. The van der Waals surface area contributed by atoms with E-state index in [0.29, 0.717) is 21.3 Å². The van der Waals surface area contributed by atoms with Crippen LogP contribution in [0.3, 0.4) is 0 Å². The second-order valence-electron chi connectivity index (χ2n) is 6.12. The molecular weight excluding hydrogens is 332 g/mol. The number of rotatable bonds is 4. The van der Waals surface area contributed by atoms with Crippen LogP contribution in [-0.4, -0.2) is 26.8 Å². The number of hydrogen-bond acceptors (Lipinski definition) is 6. The van der Waals surface area contributed by atoms with Crippen molar-refractivity contribution in [3.8, 4) is 0 Å². The second kappa shape index (κ2) is 6.20. The van der Waals surface area contributed by atoms with E-state index in [2.05, 4.69) is 16.9 Å². The fourth-order valence-electron chi connectivity index (χ4n) is 2.95. The molecule has 2 aromatic heterocycles. The number of ketones is 2. The van der Waals surface area contributed by atoms with E-state index in [9.17, 15) is 14.4 Å². The van der Waals surface area contributed by atoms with Crippen molar-refractivity contribution in [2.45, 2.75) is 50.4 Å². The van der Waals surface area contributed by atoms with Gasteiger partial charge in [-0.15, -0.1) is 11.3 Å². The first-order chi connectivity index (χ1) is 10.9. The zero-order valence-electron chi connectivity index (χ0n) is 13.3. The average Bonchev–Trinajstić information content (AvgIpc) is 2.81. The normalized spacial score (nSPS) is 17.5. The van der Waals surface area contributed by atoms with Crippen molar-refractivity contribution in [3.63, 3.8) is 0 Å². The van der Waals surface area contributed by atoms with E-state index in [4.69, 9.17) is 0 Å². The quantitative estimate of drug-likeness (QED) is 0.521. The van der Waals surface area contributed by atoms with Gasteiger partial charge in [0.2, 0.25) is 0 Å². The third-order valence-electron chi connectivity index (χ3n) is 4.11. The molecule has 2 heterocycles. The maximum atomic E-state index is 12.5. The summed E-state index contributed by atoms with van der Waals surface area (Å²) in [7, 11) is 0. The Labute approximate surface area is 141 Å². The SMILES string of the molecule is CC(=O)C(Sc1nc2sc3c(c2c(=O)[nH]1)CCC(C)C3)C(C)=O. The van der Waals surface area contributed by atoms with Crippen LogP contribution in [0.4, 0.5) is 0 Å². The van der Waals surface area contributed by atoms with Gasteiger partial charge in [-0.1, -0.05) is 18.7 Å². The lowest BCUT2D eigenvalue weighted by Crippen LogP contribution is -2.23. The molecule has 0 amide bonds. The minimum Gasteiger partial charge on any atom is -0.301 e. The summed E-state index contributed by atoms with van der Waals surface area (Å²) in [6.07, 6.45) is 2.99. The van der Waals surface area contributed by atoms with E-state index >= 15 is 0 Å². The minimum absolute atomic E-state index is 0.171. The topological polar surface area (TPSA) is 79.9 Å². The molecule has 1 aliphatic carbocycles. The third-order valence-corrected chi connectivity index (χ3v) is 6.58. The van der Waals surface area contributed by atoms with Crippen LogP contribution in [0.15, 0.2) is 9.95 Å². The average molecular weight is 350 g/mol. The molecule has 1 atom stereocenters. The van der Waals surface area contributed by atoms with Gasteiger partial charge in [0.15, 0.2) is 16.7 Å². The number of aromatic amines is 1. The van der Waals surface area contributed by atoms with E-state index < -0.39 is 5.25 Å². The molecule has 2 aromatic rings. The first-order valence-electron chi connectivity index (χ1n) is 7.59. The molecule has 122 valence electrons. The molecule has 0 bridgehead atoms. The van der Waals surface area contributed by atoms with Gasteiger partial charge in [-0.25, -0.2) is 4.98 Å². The molecule has 1 unspecified atom stereocenters. The van der Waals surface area contributed by atoms with Crippen molar-refractivity contribution >= 4 is 44.9 Å². The summed E-state index contributed by atoms with van der Waals surface area (Å²) in [6, 6.07) is 0. The summed E-state index contributed by atoms with van der Waals surface area (Å²) >= 11 is 2.58. The number of thioether (sulfide) groups is 1. The van der Waals surface area contributed by atoms with Crippen LogP contribution in [0.1, 0.15) is 37.6 Å². The molecule has 0 spiro atoms. The molecule has 0 saturated carbocycles. The molecule has 7 heteroatoms. The number of hydrogen-bond donors (Lipinski definition) is 1. The predicted octanol–water partition coefficient (Wildman–Crippen LogP) is 2.75. The number of carbonyl (C=O) groups is 2. The monoisotopic (exact) mass is 350 g/mol. The number of nitrogens with one attached hydrogen (secondary N) is 1. The number of nitrogens with zero attached hydrogens (tertiary/aromatic N) is 1. The zero-order chi connectivity index (χ0) is 16.7. The Morgan fingerprint density at radius 3 is 2.70 bits per heavy atom. The number of thiophene rings is 1. The summed E-state index contributed by atoms with van der Waals surface area (Å²) in [5, 5.41) is 0.207. The standard InChI is InChI=1S/C16H18N2O3S2/c1-7-4-5-10-11(6-7)22-15-12(10)14(21)17-16(18-15)23-13(8(2)19)9(3)20/h7,13H,4-6H2,1-3H3,(H,17,18,21). The Hall–Kier alpha value is -1.47. The lowest BCUT2D eigenvalue weighted by Gasteiger charge is -2.17. The van der Waals surface area contributed by atoms with Crippen molar-refractivity contribution in [1.82, 2.24) is 9.97 Å². The molecule has 5 nitrogen and oxygen atoms in total. The van der Waals surface area contributed by atoms with E-state index in [-0.39, 0.29) is 17.1 Å². The summed E-state index contributed by atoms with van der Waals surface area (Å²) in [5.41, 5.74) is 0.957. The number of aromatic nitrogens is 2. The van der Waals surface area contributed by atoms with Gasteiger partial charge in [0.25, 0.3) is 5.56 Å². The highest BCUT2D eigenvalue weighted by Gasteiger charge is 2.25. The molecule has 0 saturated heterocycles. The van der Waals surface area contributed by atoms with E-state index in [0.717, 1.165) is 36.6 Å². The smallest absolute Gasteiger partial charge is 0.260 e. The Morgan fingerprint density at radius 1 is 1.35 bits per heavy atom. The number of Topliss-reactive ketones (excluding diaryl/α,β-unsaturated/α-hetero) is 2. The van der Waals surface area contributed by atoms with Gasteiger partial charge >= 0.3 is 0 Å². The maximum absolute atomic E-state index is 12.5. The van der Waals surface area contributed by atoms with Crippen LogP contribution in [0.25, 0.3) is 10.2 Å². The van der Waals surface area contributed by atoms with Crippen LogP contribution in [0.2, 0.25) is 0 Å². The first kappa shape index (κ1) is 16.4. The molecule has 0 radical (unpaired) electrons. The maximum Gasteiger partial charge on any atom is 0.260 e. The fourth-order valence-corrected chi connectivity index (χ4v) is 5.24. The lowest BCUT2D eigenvalue weighted by atomic mass is 9.89. The number of H-pyrrole nitrogens is 1. The molecule has 0 aromatic carbocycles. The van der Waals surface area contributed by atoms with Crippen LogP contribution < -0.4 is 5.56 Å². The highest BCUT2D eigenvalue weighted by atomic mass is 32.2. The van der Waals surface area contributed by atoms with Gasteiger partial charge in [0.1, 0.15) is 10.1 Å². The van der Waals surface area contributed by atoms with E-state index in [1.165, 1.54) is 18.7 Å². The minimum atomic E-state index is -0.815. The Morgan fingerprint density at radius 2 is 2.04 bits per heavy atom. The molecule has 0 fully saturated rings. The Balaban J connectivity index is 2.03. The largest absolute Gasteiger partial charge is 0.301 e. The van der Waals surface area contributed by atoms with Crippen molar-refractivity contribution in [3.05, 3.63) is 20.8 Å². The fraction of sp³-hybridized carbons (Fsp3) is 0.500. The van der Waals surface area contributed by atoms with Gasteiger partial charge in [0.05, 0.1) is 5.39 Å². The van der Waals surface area contributed by atoms with Gasteiger partial charge in [-0.2, -0.15) is 0 Å². The highest BCUT2D eigenvalue weighted by Crippen LogP contribution is 2.36. The van der Waals surface area contributed by atoms with E-state index in [1.807, 2.05) is 0 Å². The lowest BCUT2D eigenvalue weighted by molar-refractivity contribution is -0.123. The Kier molecular flexibility index (Phi) is 4.42. The van der Waals surface area contributed by atoms with Crippen molar-refractivity contribution < 1.29 is 9.59 Å². The third kappa shape index (κ3) is 3.12. The summed E-state index contributed by atoms with van der Waals surface area (Å²) in [6.45, 7) is 4.97.